The molecule has 9 nitrogen and oxygen atoms in total. The van der Waals surface area contributed by atoms with Gasteiger partial charge in [-0.05, 0) is 122 Å². The Morgan fingerprint density at radius 1 is 0.302 bits per heavy atom. The molecular weight excluding hydrogens is 1060 g/mol. The van der Waals surface area contributed by atoms with E-state index in [0.717, 1.165) is 32.7 Å². The minimum Gasteiger partial charge on any atom is -0.439 e. The van der Waals surface area contributed by atoms with Gasteiger partial charge in [-0.2, -0.15) is 65.9 Å². The zero-order chi connectivity index (χ0) is 50.2. The van der Waals surface area contributed by atoms with E-state index in [1.165, 1.54) is 6.55 Å². The van der Waals surface area contributed by atoms with Gasteiger partial charge in [0, 0.05) is 32.1 Å². The van der Waals surface area contributed by atoms with Gasteiger partial charge in [0.25, 0.3) is 27.9 Å². The fraction of sp³-hybridized carbons (Fsp3) is 1.00. The lowest BCUT2D eigenvalue weighted by Crippen LogP contribution is -2.64. The Morgan fingerprint density at radius 3 is 0.762 bits per heavy atom. The van der Waals surface area contributed by atoms with Gasteiger partial charge in [-0.25, -0.2) is 0 Å². The molecule has 0 aliphatic carbocycles. The van der Waals surface area contributed by atoms with Crippen LogP contribution in [0.2, 0.25) is 122 Å². The van der Waals surface area contributed by atoms with Crippen LogP contribution in [-0.2, 0) is 37.0 Å². The average Bonchev–Trinajstić information content (AvgIpc) is 2.96. The van der Waals surface area contributed by atoms with Crippen molar-refractivity contribution in [2.75, 3.05) is 0 Å². The third kappa shape index (κ3) is 33.0. The van der Waals surface area contributed by atoms with E-state index in [2.05, 4.69) is 0 Å². The fourth-order valence-electron chi connectivity index (χ4n) is 6.42. The van der Waals surface area contributed by atoms with E-state index in [9.17, 15) is 65.9 Å². The van der Waals surface area contributed by atoms with Crippen molar-refractivity contribution >= 4 is 87.3 Å². The van der Waals surface area contributed by atoms with E-state index in [1.807, 2.05) is 19.6 Å². The first kappa shape index (κ1) is 63.8. The van der Waals surface area contributed by atoms with Gasteiger partial charge in [0.05, 0.1) is 0 Å². The van der Waals surface area contributed by atoms with Gasteiger partial charge in [0.15, 0.2) is 16.6 Å². The SMILES string of the molecule is C[SiH](O[SiH](C)O[Si](C)(C)C)O[SiH](C)O[Si](C)(CCC(F)(F)F)O[Si](C)(CCC(F)(F)F)O[Si](C)(CCC(F)(F)F)O[Si](C)(CCC(F)(F)F)O[Si](C)(CCC(F)(F)F)O[Si](C)(C)C. The summed E-state index contributed by atoms with van der Waals surface area (Å²) in [7, 11) is -36.1. The van der Waals surface area contributed by atoms with Crippen LogP contribution in [0, 0.1) is 0 Å². The maximum atomic E-state index is 13.9. The van der Waals surface area contributed by atoms with Crippen LogP contribution in [-0.4, -0.2) is 118 Å². The molecule has 0 amide bonds. The molecule has 0 aliphatic heterocycles. The Labute approximate surface area is 373 Å². The molecule has 0 saturated heterocycles. The number of hydrogen-bond donors (Lipinski definition) is 0. The number of rotatable bonds is 28. The lowest BCUT2D eigenvalue weighted by molar-refractivity contribution is -0.132. The van der Waals surface area contributed by atoms with Crippen molar-refractivity contribution in [1.82, 2.24) is 0 Å². The van der Waals surface area contributed by atoms with Gasteiger partial charge in [0.2, 0.25) is 0 Å². The first-order valence-electron chi connectivity index (χ1n) is 20.0. The van der Waals surface area contributed by atoms with Crippen molar-refractivity contribution in [2.24, 2.45) is 0 Å². The fourth-order valence-corrected chi connectivity index (χ4v) is 50.2. The minimum absolute atomic E-state index is 0.856. The van der Waals surface area contributed by atoms with Crippen LogP contribution < -0.4 is 0 Å². The van der Waals surface area contributed by atoms with E-state index in [4.69, 9.17) is 37.0 Å². The smallest absolute Gasteiger partial charge is 0.389 e. The van der Waals surface area contributed by atoms with Crippen LogP contribution in [0.15, 0.2) is 0 Å². The van der Waals surface area contributed by atoms with Gasteiger partial charge in [-0.3, -0.25) is 0 Å². The van der Waals surface area contributed by atoms with Crippen LogP contribution in [0.25, 0.3) is 0 Å². The van der Waals surface area contributed by atoms with Gasteiger partial charge >= 0.3 is 73.7 Å². The largest absolute Gasteiger partial charge is 0.439 e. The highest BCUT2D eigenvalue weighted by Crippen LogP contribution is 2.41. The van der Waals surface area contributed by atoms with E-state index in [0.29, 0.717) is 0 Å². The number of halogens is 15. The predicted octanol–water partition coefficient (Wildman–Crippen LogP) is 12.5. The molecule has 380 valence electrons. The summed E-state index contributed by atoms with van der Waals surface area (Å²) in [5.41, 5.74) is 0. The zero-order valence-corrected chi connectivity index (χ0v) is 48.6. The summed E-state index contributed by atoms with van der Waals surface area (Å²) in [5.74, 6) is 0. The molecule has 8 unspecified atom stereocenters. The van der Waals surface area contributed by atoms with Gasteiger partial charge in [0.1, 0.15) is 0 Å². The maximum Gasteiger partial charge on any atom is 0.389 e. The molecule has 0 aromatic carbocycles. The molecule has 8 atom stereocenters. The summed E-state index contributed by atoms with van der Waals surface area (Å²) in [6.45, 7) is 20.3. The highest BCUT2D eigenvalue weighted by Gasteiger charge is 2.56. The zero-order valence-electron chi connectivity index (χ0n) is 38.1. The second-order valence-electron chi connectivity index (χ2n) is 18.2. The van der Waals surface area contributed by atoms with Gasteiger partial charge in [-0.1, -0.05) is 0 Å². The van der Waals surface area contributed by atoms with E-state index in [-0.39, 0.29) is 0 Å². The second-order valence-corrected chi connectivity index (χ2v) is 52.0. The standard InChI is InChI=1S/C29H65F15O9Si10/c1-54(45-55(2)47-57(4,5)6)46-56(3)48-59(10,20-15-25(30,31)32)50-61(12,22-17-27(36,37)38)52-63(14,24-19-29(42,43)44)53-62(13,23-18-28(39,40)41)51-60(11,49-58(7,8)9)21-16-26(33,34)35/h54-56H,15-24H2,1-14H3. The molecule has 0 spiro atoms. The normalized spacial score (nSPS) is 20.5. The summed E-state index contributed by atoms with van der Waals surface area (Å²) in [6.07, 6.45) is -32.8. The van der Waals surface area contributed by atoms with Gasteiger partial charge < -0.3 is 37.0 Å². The highest BCUT2D eigenvalue weighted by atomic mass is 28.5. The summed E-state index contributed by atoms with van der Waals surface area (Å²) < 4.78 is 262. The van der Waals surface area contributed by atoms with Crippen molar-refractivity contribution in [3.8, 4) is 0 Å². The summed E-state index contributed by atoms with van der Waals surface area (Å²) in [4.78, 5) is 0. The van der Waals surface area contributed by atoms with Crippen LogP contribution in [0.1, 0.15) is 32.1 Å². The molecule has 0 radical (unpaired) electrons. The maximum absolute atomic E-state index is 13.9. The molecule has 0 heterocycles. The van der Waals surface area contributed by atoms with Crippen LogP contribution in [0.3, 0.4) is 0 Å². The molecular formula is C29H65F15O9Si10. The molecule has 0 rings (SSSR count). The number of hydrogen-bond acceptors (Lipinski definition) is 9. The first-order chi connectivity index (χ1) is 27.5. The van der Waals surface area contributed by atoms with Crippen molar-refractivity contribution in [2.45, 2.75) is 185 Å². The minimum atomic E-state index is -5.01. The molecule has 0 saturated carbocycles. The molecule has 0 aromatic rings. The van der Waals surface area contributed by atoms with E-state index in [1.54, 1.807) is 32.7 Å². The molecule has 0 aromatic heterocycles. The Hall–Kier alpha value is 0.759. The monoisotopic (exact) mass is 1120 g/mol. The summed E-state index contributed by atoms with van der Waals surface area (Å²) in [5, 5.41) is 0. The van der Waals surface area contributed by atoms with E-state index >= 15 is 0 Å². The molecule has 0 aliphatic rings. The van der Waals surface area contributed by atoms with Gasteiger partial charge in [-0.15, -0.1) is 0 Å². The third-order valence-corrected chi connectivity index (χ3v) is 45.7. The summed E-state index contributed by atoms with van der Waals surface area (Å²) in [6, 6.07) is -5.20. The van der Waals surface area contributed by atoms with Crippen LogP contribution >= 0.6 is 0 Å². The molecule has 63 heavy (non-hydrogen) atoms. The van der Waals surface area contributed by atoms with Crippen LogP contribution in [0.4, 0.5) is 65.9 Å². The Balaban J connectivity index is 7.56. The average molecular weight is 1120 g/mol. The Kier molecular flexibility index (Phi) is 23.9. The highest BCUT2D eigenvalue weighted by molar-refractivity contribution is 6.92. The summed E-state index contributed by atoms with van der Waals surface area (Å²) >= 11 is 0. The quantitative estimate of drug-likeness (QED) is 0.0562. The number of alkyl halides is 15. The van der Waals surface area contributed by atoms with Crippen molar-refractivity contribution in [3.05, 3.63) is 0 Å². The first-order valence-corrected chi connectivity index (χ1v) is 45.7. The van der Waals surface area contributed by atoms with Crippen molar-refractivity contribution in [3.63, 3.8) is 0 Å². The Bertz CT molecular complexity index is 1380. The topological polar surface area (TPSA) is 83.1 Å². The molecule has 34 heteroatoms. The van der Waals surface area contributed by atoms with Crippen molar-refractivity contribution < 1.29 is 103 Å². The lowest BCUT2D eigenvalue weighted by Gasteiger charge is -2.47. The molecule has 0 N–H and O–H groups in total. The molecule has 0 bridgehead atoms. The third-order valence-electron chi connectivity index (χ3n) is 8.26. The van der Waals surface area contributed by atoms with Crippen molar-refractivity contribution in [1.29, 1.82) is 0 Å². The van der Waals surface area contributed by atoms with E-state index < -0.39 is 180 Å². The van der Waals surface area contributed by atoms with Crippen LogP contribution in [0.5, 0.6) is 0 Å². The predicted molar refractivity (Wildman–Crippen MR) is 231 cm³/mol. The second kappa shape index (κ2) is 23.6. The lowest BCUT2D eigenvalue weighted by atomic mass is 10.5. The Morgan fingerprint density at radius 2 is 0.524 bits per heavy atom. The molecule has 0 fully saturated rings.